The molecule has 1 aliphatic heterocycles. The molecule has 1 heterocycles. The zero-order chi connectivity index (χ0) is 21.7. The van der Waals surface area contributed by atoms with Crippen molar-refractivity contribution in [1.82, 2.24) is 10.0 Å². The minimum absolute atomic E-state index is 0.0168. The number of nitrogens with one attached hydrogen (secondary N) is 3. The predicted molar refractivity (Wildman–Crippen MR) is 110 cm³/mol. The average molecular weight is 433 g/mol. The molecule has 0 spiro atoms. The van der Waals surface area contributed by atoms with Crippen LogP contribution in [-0.4, -0.2) is 45.5 Å². The molecule has 1 aliphatic rings. The number of amides is 2. The van der Waals surface area contributed by atoms with Crippen LogP contribution in [0.25, 0.3) is 0 Å². The Balaban J connectivity index is 1.52. The maximum atomic E-state index is 12.5. The number of benzene rings is 2. The fourth-order valence-electron chi connectivity index (χ4n) is 2.81. The summed E-state index contributed by atoms with van der Waals surface area (Å²) < 4.78 is 38.7. The van der Waals surface area contributed by atoms with Gasteiger partial charge < -0.3 is 20.1 Å². The number of hydrogen-bond acceptors (Lipinski definition) is 6. The number of hydrogen-bond donors (Lipinski definition) is 3. The van der Waals surface area contributed by atoms with Gasteiger partial charge in [0.05, 0.1) is 17.5 Å². The Bertz CT molecular complexity index is 1020. The van der Waals surface area contributed by atoms with Gasteiger partial charge in [-0.3, -0.25) is 9.59 Å². The Morgan fingerprint density at radius 1 is 1.10 bits per heavy atom. The molecule has 2 atom stereocenters. The highest BCUT2D eigenvalue weighted by Gasteiger charge is 2.25. The van der Waals surface area contributed by atoms with Crippen LogP contribution in [0.2, 0.25) is 0 Å². The van der Waals surface area contributed by atoms with Crippen molar-refractivity contribution in [1.29, 1.82) is 0 Å². The van der Waals surface area contributed by atoms with Crippen molar-refractivity contribution in [3.63, 3.8) is 0 Å². The number of sulfonamides is 1. The van der Waals surface area contributed by atoms with Crippen molar-refractivity contribution in [2.75, 3.05) is 18.5 Å². The van der Waals surface area contributed by atoms with Gasteiger partial charge in [0, 0.05) is 12.6 Å². The average Bonchev–Trinajstić information content (AvgIpc) is 2.71. The maximum absolute atomic E-state index is 12.5. The molecule has 0 aromatic heterocycles. The molecule has 0 bridgehead atoms. The molecule has 10 heteroatoms. The van der Waals surface area contributed by atoms with Crippen molar-refractivity contribution in [2.45, 2.75) is 30.9 Å². The zero-order valence-electron chi connectivity index (χ0n) is 16.5. The summed E-state index contributed by atoms with van der Waals surface area (Å²) in [7, 11) is -3.91. The first-order chi connectivity index (χ1) is 14.2. The summed E-state index contributed by atoms with van der Waals surface area (Å²) in [4.78, 5) is 23.4. The Labute approximate surface area is 174 Å². The van der Waals surface area contributed by atoms with Crippen molar-refractivity contribution >= 4 is 27.5 Å². The molecule has 160 valence electrons. The Morgan fingerprint density at radius 3 is 2.43 bits per heavy atom. The van der Waals surface area contributed by atoms with Gasteiger partial charge in [0.2, 0.25) is 21.8 Å². The van der Waals surface area contributed by atoms with Crippen molar-refractivity contribution in [2.24, 2.45) is 0 Å². The summed E-state index contributed by atoms with van der Waals surface area (Å²) in [5.41, 5.74) is 0.475. The predicted octanol–water partition coefficient (Wildman–Crippen LogP) is 1.27. The van der Waals surface area contributed by atoms with Gasteiger partial charge in [-0.2, -0.15) is 4.72 Å². The van der Waals surface area contributed by atoms with E-state index in [0.717, 1.165) is 0 Å². The quantitative estimate of drug-likeness (QED) is 0.604. The number of para-hydroxylation sites is 2. The van der Waals surface area contributed by atoms with Gasteiger partial charge in [0.1, 0.15) is 12.7 Å². The molecule has 0 aliphatic carbocycles. The van der Waals surface area contributed by atoms with Crippen LogP contribution in [0.4, 0.5) is 5.69 Å². The van der Waals surface area contributed by atoms with E-state index in [9.17, 15) is 18.0 Å². The van der Waals surface area contributed by atoms with E-state index in [-0.39, 0.29) is 30.1 Å². The number of fused-ring (bicyclic) bond motifs is 1. The van der Waals surface area contributed by atoms with Gasteiger partial charge in [-0.25, -0.2) is 8.42 Å². The second-order valence-electron chi connectivity index (χ2n) is 6.79. The molecule has 0 radical (unpaired) electrons. The number of carbonyl (C=O) groups is 2. The van der Waals surface area contributed by atoms with Crippen LogP contribution in [0, 0.1) is 0 Å². The Hall–Kier alpha value is -3.11. The molecule has 2 aromatic carbocycles. The lowest BCUT2D eigenvalue weighted by molar-refractivity contribution is -0.122. The van der Waals surface area contributed by atoms with Crippen LogP contribution < -0.4 is 24.8 Å². The SMILES string of the molecule is CC(=O)Nc1ccc(S(=O)(=O)N[C@@H](C)C(=O)NCC2COc3ccccc3O2)cc1. The van der Waals surface area contributed by atoms with Crippen molar-refractivity contribution in [3.8, 4) is 11.5 Å². The van der Waals surface area contributed by atoms with Crippen molar-refractivity contribution in [3.05, 3.63) is 48.5 Å². The fraction of sp³-hybridized carbons (Fsp3) is 0.300. The molecular formula is C20H23N3O6S. The normalized spacial score (nSPS) is 16.4. The third kappa shape index (κ3) is 5.49. The Morgan fingerprint density at radius 2 is 1.77 bits per heavy atom. The molecule has 30 heavy (non-hydrogen) atoms. The fourth-order valence-corrected chi connectivity index (χ4v) is 4.01. The van der Waals surface area contributed by atoms with Gasteiger partial charge in [-0.1, -0.05) is 12.1 Å². The number of carbonyl (C=O) groups excluding carboxylic acids is 2. The van der Waals surface area contributed by atoms with E-state index in [1.54, 1.807) is 12.1 Å². The molecule has 0 saturated carbocycles. The molecule has 1 unspecified atom stereocenters. The minimum atomic E-state index is -3.91. The third-order valence-electron chi connectivity index (χ3n) is 4.28. The molecular weight excluding hydrogens is 410 g/mol. The van der Waals surface area contributed by atoms with E-state index in [0.29, 0.717) is 17.2 Å². The van der Waals surface area contributed by atoms with Crippen LogP contribution in [0.15, 0.2) is 53.4 Å². The lowest BCUT2D eigenvalue weighted by Crippen LogP contribution is -2.48. The molecule has 2 amide bonds. The van der Waals surface area contributed by atoms with Gasteiger partial charge in [0.15, 0.2) is 11.5 Å². The summed E-state index contributed by atoms with van der Waals surface area (Å²) in [5.74, 6) is 0.492. The first-order valence-electron chi connectivity index (χ1n) is 9.31. The van der Waals surface area contributed by atoms with Crippen LogP contribution in [-0.2, 0) is 19.6 Å². The van der Waals surface area contributed by atoms with E-state index in [1.165, 1.54) is 38.1 Å². The third-order valence-corrected chi connectivity index (χ3v) is 5.84. The minimum Gasteiger partial charge on any atom is -0.486 e. The number of rotatable bonds is 7. The highest BCUT2D eigenvalue weighted by Crippen LogP contribution is 2.30. The molecule has 0 saturated heterocycles. The van der Waals surface area contributed by atoms with Gasteiger partial charge in [0.25, 0.3) is 0 Å². The van der Waals surface area contributed by atoms with E-state index < -0.39 is 22.0 Å². The summed E-state index contributed by atoms with van der Waals surface area (Å²) >= 11 is 0. The molecule has 0 fully saturated rings. The highest BCUT2D eigenvalue weighted by atomic mass is 32.2. The molecule has 2 aromatic rings. The lowest BCUT2D eigenvalue weighted by atomic mass is 10.2. The van der Waals surface area contributed by atoms with Crippen LogP contribution in [0.1, 0.15) is 13.8 Å². The van der Waals surface area contributed by atoms with Gasteiger partial charge in [-0.05, 0) is 43.3 Å². The second kappa shape index (κ2) is 9.14. The highest BCUT2D eigenvalue weighted by molar-refractivity contribution is 7.89. The smallest absolute Gasteiger partial charge is 0.241 e. The van der Waals surface area contributed by atoms with E-state index >= 15 is 0 Å². The van der Waals surface area contributed by atoms with Crippen molar-refractivity contribution < 1.29 is 27.5 Å². The van der Waals surface area contributed by atoms with Crippen LogP contribution >= 0.6 is 0 Å². The first-order valence-corrected chi connectivity index (χ1v) is 10.8. The van der Waals surface area contributed by atoms with Crippen LogP contribution in [0.3, 0.4) is 0 Å². The largest absolute Gasteiger partial charge is 0.486 e. The number of anilines is 1. The van der Waals surface area contributed by atoms with E-state index in [1.807, 2.05) is 12.1 Å². The lowest BCUT2D eigenvalue weighted by Gasteiger charge is -2.27. The molecule has 3 N–H and O–H groups in total. The zero-order valence-corrected chi connectivity index (χ0v) is 17.4. The van der Waals surface area contributed by atoms with E-state index in [4.69, 9.17) is 9.47 Å². The van der Waals surface area contributed by atoms with E-state index in [2.05, 4.69) is 15.4 Å². The number of ether oxygens (including phenoxy) is 2. The standard InChI is InChI=1S/C20H23N3O6S/c1-13(23-30(26,27)17-9-7-15(8-10-17)22-14(2)24)20(25)21-11-16-12-28-18-5-3-4-6-19(18)29-16/h3-10,13,16,23H,11-12H2,1-2H3,(H,21,25)(H,22,24)/t13-,16?/m0/s1. The summed E-state index contributed by atoms with van der Waals surface area (Å²) in [6.45, 7) is 3.25. The first kappa shape index (κ1) is 21.6. The van der Waals surface area contributed by atoms with Gasteiger partial charge >= 0.3 is 0 Å². The Kier molecular flexibility index (Phi) is 6.58. The van der Waals surface area contributed by atoms with Crippen LogP contribution in [0.5, 0.6) is 11.5 Å². The summed E-state index contributed by atoms with van der Waals surface area (Å²) in [5, 5.41) is 5.23. The topological polar surface area (TPSA) is 123 Å². The summed E-state index contributed by atoms with van der Waals surface area (Å²) in [6, 6.07) is 11.9. The summed E-state index contributed by atoms with van der Waals surface area (Å²) in [6.07, 6.45) is -0.381. The maximum Gasteiger partial charge on any atom is 0.241 e. The monoisotopic (exact) mass is 433 g/mol. The molecule has 9 nitrogen and oxygen atoms in total. The van der Waals surface area contributed by atoms with Gasteiger partial charge in [-0.15, -0.1) is 0 Å². The second-order valence-corrected chi connectivity index (χ2v) is 8.51. The molecule has 3 rings (SSSR count).